The van der Waals surface area contributed by atoms with Crippen molar-refractivity contribution in [2.24, 2.45) is 7.05 Å². The van der Waals surface area contributed by atoms with Crippen LogP contribution in [-0.2, 0) is 11.8 Å². The Bertz CT molecular complexity index is 693. The number of aromatic nitrogens is 5. The number of likely N-dealkylation sites (tertiary alicyclic amines) is 1. The normalized spacial score (nSPS) is 19.1. The molecule has 0 N–H and O–H groups in total. The molecular formula is C15H22N6O2. The van der Waals surface area contributed by atoms with Gasteiger partial charge in [-0.2, -0.15) is 10.2 Å². The molecule has 1 fully saturated rings. The lowest BCUT2D eigenvalue weighted by molar-refractivity contribution is -0.135. The summed E-state index contributed by atoms with van der Waals surface area (Å²) in [5.74, 6) is 0.768. The van der Waals surface area contributed by atoms with Crippen LogP contribution in [0.3, 0.4) is 0 Å². The molecule has 8 nitrogen and oxygen atoms in total. The average molecular weight is 318 g/mol. The Morgan fingerprint density at radius 2 is 2.26 bits per heavy atom. The Labute approximate surface area is 135 Å². The molecule has 124 valence electrons. The van der Waals surface area contributed by atoms with Crippen molar-refractivity contribution >= 4 is 5.91 Å². The van der Waals surface area contributed by atoms with Gasteiger partial charge in [-0.25, -0.2) is 14.3 Å². The average Bonchev–Trinajstić information content (AvgIpc) is 3.24. The van der Waals surface area contributed by atoms with Crippen LogP contribution in [0.2, 0.25) is 0 Å². The summed E-state index contributed by atoms with van der Waals surface area (Å²) in [4.78, 5) is 18.8. The van der Waals surface area contributed by atoms with Crippen LogP contribution in [0, 0.1) is 6.92 Å². The third-order valence-corrected chi connectivity index (χ3v) is 4.47. The molecule has 0 spiro atoms. The molecule has 2 atom stereocenters. The van der Waals surface area contributed by atoms with Gasteiger partial charge in [0, 0.05) is 13.6 Å². The minimum atomic E-state index is -0.374. The molecule has 0 unspecified atom stereocenters. The number of aryl methyl sites for hydroxylation is 2. The summed E-state index contributed by atoms with van der Waals surface area (Å²) >= 11 is 0. The van der Waals surface area contributed by atoms with Gasteiger partial charge in [0.1, 0.15) is 18.7 Å². The van der Waals surface area contributed by atoms with Crippen LogP contribution in [0.1, 0.15) is 43.1 Å². The Morgan fingerprint density at radius 3 is 2.91 bits per heavy atom. The van der Waals surface area contributed by atoms with E-state index >= 15 is 0 Å². The van der Waals surface area contributed by atoms with E-state index in [1.807, 2.05) is 25.8 Å². The van der Waals surface area contributed by atoms with Crippen molar-refractivity contribution in [1.29, 1.82) is 0 Å². The van der Waals surface area contributed by atoms with Gasteiger partial charge in [-0.1, -0.05) is 0 Å². The predicted molar refractivity (Wildman–Crippen MR) is 82.9 cm³/mol. The van der Waals surface area contributed by atoms with Crippen molar-refractivity contribution in [3.05, 3.63) is 23.9 Å². The van der Waals surface area contributed by atoms with Gasteiger partial charge in [0.2, 0.25) is 11.8 Å². The van der Waals surface area contributed by atoms with Gasteiger partial charge < -0.3 is 9.64 Å². The van der Waals surface area contributed by atoms with E-state index in [-0.39, 0.29) is 18.0 Å². The lowest BCUT2D eigenvalue weighted by atomic mass is 10.0. The molecule has 0 saturated carbocycles. The Hall–Kier alpha value is -2.38. The van der Waals surface area contributed by atoms with E-state index < -0.39 is 0 Å². The molecule has 23 heavy (non-hydrogen) atoms. The van der Waals surface area contributed by atoms with Crippen LogP contribution in [0.25, 0.3) is 0 Å². The summed E-state index contributed by atoms with van der Waals surface area (Å²) in [5.41, 5.74) is 1.91. The second kappa shape index (κ2) is 6.02. The maximum atomic E-state index is 12.9. The fourth-order valence-electron chi connectivity index (χ4n) is 3.38. The second-order valence-corrected chi connectivity index (χ2v) is 5.87. The van der Waals surface area contributed by atoms with E-state index in [1.165, 1.54) is 6.33 Å². The zero-order valence-corrected chi connectivity index (χ0v) is 13.9. The molecule has 1 amide bonds. The highest BCUT2D eigenvalue weighted by Crippen LogP contribution is 2.39. The van der Waals surface area contributed by atoms with Crippen molar-refractivity contribution in [3.8, 4) is 5.88 Å². The van der Waals surface area contributed by atoms with E-state index in [9.17, 15) is 4.79 Å². The van der Waals surface area contributed by atoms with Crippen molar-refractivity contribution in [2.45, 2.75) is 38.8 Å². The standard InChI is InChI=1S/C15H22N6O2/c1-10-13(15(23-4)19(3)18-10)12-6-5-7-20(12)14(22)11(2)21-9-16-8-17-21/h8-9,11-12H,5-7H2,1-4H3/t11-,12+/m0/s1. The highest BCUT2D eigenvalue weighted by Gasteiger charge is 2.37. The van der Waals surface area contributed by atoms with Gasteiger partial charge in [-0.3, -0.25) is 4.79 Å². The fourth-order valence-corrected chi connectivity index (χ4v) is 3.38. The zero-order valence-electron chi connectivity index (χ0n) is 13.9. The summed E-state index contributed by atoms with van der Waals surface area (Å²) < 4.78 is 8.82. The highest BCUT2D eigenvalue weighted by molar-refractivity contribution is 5.80. The second-order valence-electron chi connectivity index (χ2n) is 5.87. The number of methoxy groups -OCH3 is 1. The van der Waals surface area contributed by atoms with Crippen LogP contribution in [-0.4, -0.2) is 49.0 Å². The molecule has 0 aromatic carbocycles. The van der Waals surface area contributed by atoms with Crippen molar-refractivity contribution in [3.63, 3.8) is 0 Å². The number of hydrogen-bond acceptors (Lipinski definition) is 5. The number of rotatable bonds is 4. The summed E-state index contributed by atoms with van der Waals surface area (Å²) in [6.45, 7) is 4.54. The van der Waals surface area contributed by atoms with Crippen LogP contribution in [0.15, 0.2) is 12.7 Å². The first-order valence-electron chi connectivity index (χ1n) is 7.76. The van der Waals surface area contributed by atoms with E-state index in [1.54, 1.807) is 22.8 Å². The van der Waals surface area contributed by atoms with Crippen molar-refractivity contribution < 1.29 is 9.53 Å². The van der Waals surface area contributed by atoms with E-state index in [2.05, 4.69) is 15.2 Å². The molecule has 1 saturated heterocycles. The number of nitrogens with zero attached hydrogens (tertiary/aromatic N) is 6. The monoisotopic (exact) mass is 318 g/mol. The maximum absolute atomic E-state index is 12.9. The van der Waals surface area contributed by atoms with Gasteiger partial charge in [-0.05, 0) is 26.7 Å². The van der Waals surface area contributed by atoms with E-state index in [0.29, 0.717) is 0 Å². The van der Waals surface area contributed by atoms with Gasteiger partial charge in [0.25, 0.3) is 0 Å². The lowest BCUT2D eigenvalue weighted by Crippen LogP contribution is -2.36. The Morgan fingerprint density at radius 1 is 1.48 bits per heavy atom. The Kier molecular flexibility index (Phi) is 4.06. The molecule has 0 bridgehead atoms. The molecule has 0 aliphatic carbocycles. The molecule has 3 rings (SSSR count). The maximum Gasteiger partial charge on any atom is 0.247 e. The molecule has 2 aromatic heterocycles. The summed E-state index contributed by atoms with van der Waals surface area (Å²) in [7, 11) is 3.49. The SMILES string of the molecule is COc1c([C@H]2CCCN2C(=O)[C@H](C)n2cncn2)c(C)nn1C. The number of hydrogen-bond donors (Lipinski definition) is 0. The molecular weight excluding hydrogens is 296 g/mol. The summed E-state index contributed by atoms with van der Waals surface area (Å²) in [6.07, 6.45) is 4.90. The smallest absolute Gasteiger partial charge is 0.247 e. The van der Waals surface area contributed by atoms with E-state index in [0.717, 1.165) is 36.5 Å². The third kappa shape index (κ3) is 2.58. The molecule has 1 aliphatic rings. The van der Waals surface area contributed by atoms with Gasteiger partial charge in [-0.15, -0.1) is 0 Å². The minimum Gasteiger partial charge on any atom is -0.481 e. The Balaban J connectivity index is 1.90. The molecule has 1 aliphatic heterocycles. The fraction of sp³-hybridized carbons (Fsp3) is 0.600. The first-order valence-corrected chi connectivity index (χ1v) is 7.76. The largest absolute Gasteiger partial charge is 0.481 e. The lowest BCUT2D eigenvalue weighted by Gasteiger charge is -2.27. The minimum absolute atomic E-state index is 0.00267. The number of carbonyl (C=O) groups excluding carboxylic acids is 1. The van der Waals surface area contributed by atoms with E-state index in [4.69, 9.17) is 4.74 Å². The summed E-state index contributed by atoms with van der Waals surface area (Å²) in [6, 6.07) is -0.377. The van der Waals surface area contributed by atoms with Crippen molar-refractivity contribution in [1.82, 2.24) is 29.4 Å². The molecule has 3 heterocycles. The van der Waals surface area contributed by atoms with Crippen LogP contribution >= 0.6 is 0 Å². The van der Waals surface area contributed by atoms with Gasteiger partial charge in [0.05, 0.1) is 24.4 Å². The number of ether oxygens (including phenoxy) is 1. The van der Waals surface area contributed by atoms with Crippen LogP contribution in [0.4, 0.5) is 0 Å². The quantitative estimate of drug-likeness (QED) is 0.848. The zero-order chi connectivity index (χ0) is 16.6. The van der Waals surface area contributed by atoms with Crippen LogP contribution < -0.4 is 4.74 Å². The van der Waals surface area contributed by atoms with Gasteiger partial charge >= 0.3 is 0 Å². The first-order chi connectivity index (χ1) is 11.0. The predicted octanol–water partition coefficient (Wildman–Crippen LogP) is 1.25. The third-order valence-electron chi connectivity index (χ3n) is 4.47. The topological polar surface area (TPSA) is 78.1 Å². The number of carbonyl (C=O) groups is 1. The summed E-state index contributed by atoms with van der Waals surface area (Å²) in [5, 5.41) is 8.52. The highest BCUT2D eigenvalue weighted by atomic mass is 16.5. The van der Waals surface area contributed by atoms with Gasteiger partial charge in [0.15, 0.2) is 0 Å². The van der Waals surface area contributed by atoms with Crippen LogP contribution in [0.5, 0.6) is 5.88 Å². The molecule has 0 radical (unpaired) electrons. The van der Waals surface area contributed by atoms with Crippen molar-refractivity contribution in [2.75, 3.05) is 13.7 Å². The first kappa shape index (κ1) is 15.5. The molecule has 2 aromatic rings. The number of amides is 1. The molecule has 8 heteroatoms.